The van der Waals surface area contributed by atoms with Crippen LogP contribution < -0.4 is 16.0 Å². The molecule has 0 aliphatic rings. The van der Waals surface area contributed by atoms with E-state index in [9.17, 15) is 4.79 Å². The number of hydrogen-bond acceptors (Lipinski definition) is 4. The quantitative estimate of drug-likeness (QED) is 0.0768. The average Bonchev–Trinajstić information content (AvgIpc) is 2.90. The monoisotopic (exact) mass is 559 g/mol. The Kier molecular flexibility index (Phi) is 32.1. The van der Waals surface area contributed by atoms with Gasteiger partial charge in [0.2, 0.25) is 0 Å². The first-order chi connectivity index (χ1) is 18.2. The van der Waals surface area contributed by atoms with Gasteiger partial charge in [-0.15, -0.1) is 0 Å². The van der Waals surface area contributed by atoms with Gasteiger partial charge >= 0.3 is 6.03 Å². The lowest BCUT2D eigenvalue weighted by atomic mass is 10.1. The van der Waals surface area contributed by atoms with E-state index in [2.05, 4.69) is 53.3 Å². The van der Waals surface area contributed by atoms with Crippen molar-refractivity contribution in [1.29, 1.82) is 0 Å². The molecule has 0 fully saturated rings. The lowest BCUT2D eigenvalue weighted by Gasteiger charge is -2.17. The molecule has 0 aliphatic carbocycles. The molecule has 4 nitrogen and oxygen atoms in total. The minimum atomic E-state index is -0.0283. The van der Waals surface area contributed by atoms with Gasteiger partial charge in [-0.05, 0) is 31.4 Å². The Balaban J connectivity index is 3.91. The summed E-state index contributed by atoms with van der Waals surface area (Å²) in [7, 11) is 1.91. The van der Waals surface area contributed by atoms with E-state index in [1.54, 1.807) is 0 Å². The third kappa shape index (κ3) is 30.3. The number of amides is 2. The summed E-state index contributed by atoms with van der Waals surface area (Å²) in [6.45, 7) is 6.83. The number of nitrogens with one attached hydrogen (secondary N) is 3. The zero-order valence-electron chi connectivity index (χ0n) is 25.2. The number of carbonyl (C=O) groups is 1. The summed E-state index contributed by atoms with van der Waals surface area (Å²) in [6.07, 6.45) is 27.9. The molecule has 2 amide bonds. The first-order valence-corrected chi connectivity index (χ1v) is 18.3. The minimum Gasteiger partial charge on any atom is -0.337 e. The number of thioether (sulfide) groups is 2. The van der Waals surface area contributed by atoms with Crippen molar-refractivity contribution in [1.82, 2.24) is 16.0 Å². The molecule has 0 aromatic rings. The molecule has 1 unspecified atom stereocenters. The summed E-state index contributed by atoms with van der Waals surface area (Å²) in [5.74, 6) is 3.64. The van der Waals surface area contributed by atoms with Gasteiger partial charge in [0.15, 0.2) is 0 Å². The highest BCUT2D eigenvalue weighted by Crippen LogP contribution is 2.20. The summed E-state index contributed by atoms with van der Waals surface area (Å²) in [4.78, 5) is 12.1. The molecular weight excluding hydrogens is 494 g/mol. The van der Waals surface area contributed by atoms with Crippen LogP contribution in [0.25, 0.3) is 0 Å². The third-order valence-corrected chi connectivity index (χ3v) is 9.70. The number of urea groups is 1. The van der Waals surface area contributed by atoms with E-state index < -0.39 is 0 Å². The van der Waals surface area contributed by atoms with Gasteiger partial charge in [0.1, 0.15) is 0 Å². The van der Waals surface area contributed by atoms with Crippen LogP contribution >= 0.6 is 23.5 Å². The van der Waals surface area contributed by atoms with Crippen LogP contribution in [0.3, 0.4) is 0 Å². The number of likely N-dealkylation sites (N-methyl/N-ethyl adjacent to an activating group) is 1. The molecule has 0 spiro atoms. The SMILES string of the molecule is CCCCCCCCCCCCSCC(CNC(=O)NCCNC)SCCCCCCCCCCCC. The molecule has 0 rings (SSSR count). The van der Waals surface area contributed by atoms with Gasteiger partial charge in [0, 0.05) is 30.6 Å². The largest absolute Gasteiger partial charge is 0.337 e. The molecule has 0 heterocycles. The highest BCUT2D eigenvalue weighted by Gasteiger charge is 2.11. The molecule has 6 heteroatoms. The first-order valence-electron chi connectivity index (χ1n) is 16.1. The minimum absolute atomic E-state index is 0.0283. The standard InChI is InChI=1S/C31H65N3OS2/c1-4-6-8-10-12-14-16-18-20-22-26-36-29-30(28-34-31(35)33-25-24-32-3)37-27-23-21-19-17-15-13-11-9-7-5-2/h30,32H,4-29H2,1-3H3,(H2,33,34,35). The van der Waals surface area contributed by atoms with E-state index in [-0.39, 0.29) is 6.03 Å². The van der Waals surface area contributed by atoms with Crippen LogP contribution in [0.15, 0.2) is 0 Å². The van der Waals surface area contributed by atoms with Crippen molar-refractivity contribution >= 4 is 29.6 Å². The predicted molar refractivity (Wildman–Crippen MR) is 173 cm³/mol. The van der Waals surface area contributed by atoms with Gasteiger partial charge in [0.05, 0.1) is 0 Å². The Morgan fingerprint density at radius 1 is 0.595 bits per heavy atom. The fourth-order valence-electron chi connectivity index (χ4n) is 4.48. The van der Waals surface area contributed by atoms with E-state index in [1.165, 1.54) is 140 Å². The molecule has 0 saturated heterocycles. The lowest BCUT2D eigenvalue weighted by molar-refractivity contribution is 0.241. The molecule has 0 aliphatic heterocycles. The number of hydrogen-bond donors (Lipinski definition) is 3. The third-order valence-electron chi connectivity index (χ3n) is 6.95. The fraction of sp³-hybridized carbons (Fsp3) is 0.968. The molecule has 37 heavy (non-hydrogen) atoms. The van der Waals surface area contributed by atoms with Crippen LogP contribution in [0.2, 0.25) is 0 Å². The maximum absolute atomic E-state index is 12.1. The molecule has 0 radical (unpaired) electrons. The molecule has 0 aromatic heterocycles. The zero-order valence-corrected chi connectivity index (χ0v) is 26.8. The summed E-state index contributed by atoms with van der Waals surface area (Å²) in [5.41, 5.74) is 0. The summed E-state index contributed by atoms with van der Waals surface area (Å²) in [6, 6.07) is -0.0283. The van der Waals surface area contributed by atoms with Crippen LogP contribution in [-0.2, 0) is 0 Å². The van der Waals surface area contributed by atoms with Crippen molar-refractivity contribution in [3.05, 3.63) is 0 Å². The van der Waals surface area contributed by atoms with Gasteiger partial charge < -0.3 is 16.0 Å². The lowest BCUT2D eigenvalue weighted by Crippen LogP contribution is -2.41. The van der Waals surface area contributed by atoms with Crippen molar-refractivity contribution in [3.63, 3.8) is 0 Å². The second-order valence-electron chi connectivity index (χ2n) is 10.7. The zero-order chi connectivity index (χ0) is 27.1. The van der Waals surface area contributed by atoms with Crippen LogP contribution in [0.1, 0.15) is 142 Å². The maximum Gasteiger partial charge on any atom is 0.314 e. The Morgan fingerprint density at radius 3 is 1.54 bits per heavy atom. The summed E-state index contributed by atoms with van der Waals surface area (Å²) < 4.78 is 0. The number of rotatable bonds is 30. The second kappa shape index (κ2) is 32.1. The maximum atomic E-state index is 12.1. The van der Waals surface area contributed by atoms with Gasteiger partial charge in [-0.25, -0.2) is 4.79 Å². The smallest absolute Gasteiger partial charge is 0.314 e. The second-order valence-corrected chi connectivity index (χ2v) is 13.2. The van der Waals surface area contributed by atoms with Crippen LogP contribution in [0.5, 0.6) is 0 Å². The van der Waals surface area contributed by atoms with Crippen molar-refractivity contribution < 1.29 is 4.79 Å². The normalized spacial score (nSPS) is 12.1. The summed E-state index contributed by atoms with van der Waals surface area (Å²) >= 11 is 4.17. The van der Waals surface area contributed by atoms with Crippen LogP contribution in [0, 0.1) is 0 Å². The van der Waals surface area contributed by atoms with Crippen molar-refractivity contribution in [3.8, 4) is 0 Å². The Morgan fingerprint density at radius 2 is 1.05 bits per heavy atom. The molecule has 0 bridgehead atoms. The van der Waals surface area contributed by atoms with E-state index in [0.717, 1.165) is 18.8 Å². The first kappa shape index (κ1) is 36.9. The van der Waals surface area contributed by atoms with Gasteiger partial charge in [-0.2, -0.15) is 23.5 Å². The van der Waals surface area contributed by atoms with Gasteiger partial charge in [0.25, 0.3) is 0 Å². The van der Waals surface area contributed by atoms with Crippen molar-refractivity contribution in [2.24, 2.45) is 0 Å². The highest BCUT2D eigenvalue weighted by atomic mass is 32.2. The van der Waals surface area contributed by atoms with Gasteiger partial charge in [-0.3, -0.25) is 0 Å². The van der Waals surface area contributed by atoms with E-state index in [0.29, 0.717) is 11.8 Å². The average molecular weight is 560 g/mol. The number of carbonyl (C=O) groups excluding carboxylic acids is 1. The topological polar surface area (TPSA) is 53.2 Å². The molecule has 3 N–H and O–H groups in total. The molecular formula is C31H65N3OS2. The van der Waals surface area contributed by atoms with Crippen LogP contribution in [0.4, 0.5) is 4.79 Å². The Labute approximate surface area is 241 Å². The number of unbranched alkanes of at least 4 members (excludes halogenated alkanes) is 18. The van der Waals surface area contributed by atoms with Crippen molar-refractivity contribution in [2.75, 3.05) is 43.9 Å². The molecule has 0 saturated carbocycles. The van der Waals surface area contributed by atoms with E-state index in [4.69, 9.17) is 0 Å². The summed E-state index contributed by atoms with van der Waals surface area (Å²) in [5, 5.41) is 9.63. The van der Waals surface area contributed by atoms with Crippen molar-refractivity contribution in [2.45, 2.75) is 148 Å². The highest BCUT2D eigenvalue weighted by molar-refractivity contribution is 8.03. The fourth-order valence-corrected chi connectivity index (χ4v) is 7.02. The Bertz CT molecular complexity index is 454. The van der Waals surface area contributed by atoms with E-state index >= 15 is 0 Å². The van der Waals surface area contributed by atoms with Gasteiger partial charge in [-0.1, -0.05) is 129 Å². The molecule has 222 valence electrons. The Hall–Kier alpha value is -0.0700. The van der Waals surface area contributed by atoms with Crippen LogP contribution in [-0.4, -0.2) is 55.2 Å². The predicted octanol–water partition coefficient (Wildman–Crippen LogP) is 9.18. The molecule has 1 atom stereocenters. The van der Waals surface area contributed by atoms with E-state index in [1.807, 2.05) is 7.05 Å². The molecule has 0 aromatic carbocycles.